The smallest absolute Gasteiger partial charge is 0.255 e. The Kier molecular flexibility index (Phi) is 6.12. The third kappa shape index (κ3) is 4.54. The normalized spacial score (nSPS) is 14.9. The Balaban J connectivity index is 1.52. The molecule has 26 heavy (non-hydrogen) atoms. The lowest BCUT2D eigenvalue weighted by Gasteiger charge is -2.31. The number of halogens is 2. The van der Waals surface area contributed by atoms with Crippen LogP contribution in [0.4, 0.5) is 0 Å². The van der Waals surface area contributed by atoms with Gasteiger partial charge in [-0.25, -0.2) is 0 Å². The molecule has 5 nitrogen and oxygen atoms in total. The molecule has 0 unspecified atom stereocenters. The number of hydrogen-bond acceptors (Lipinski definition) is 3. The summed E-state index contributed by atoms with van der Waals surface area (Å²) in [5.74, 6) is -0.178. The number of nitrogens with one attached hydrogen (secondary N) is 1. The van der Waals surface area contributed by atoms with Crippen LogP contribution in [0.2, 0.25) is 10.0 Å². The van der Waals surface area contributed by atoms with Crippen molar-refractivity contribution < 1.29 is 9.59 Å². The fourth-order valence-corrected chi connectivity index (χ4v) is 3.50. The van der Waals surface area contributed by atoms with Crippen LogP contribution in [-0.4, -0.2) is 34.8 Å². The minimum absolute atomic E-state index is 0.0263. The van der Waals surface area contributed by atoms with Crippen LogP contribution in [0.5, 0.6) is 0 Å². The molecule has 136 valence electrons. The van der Waals surface area contributed by atoms with Gasteiger partial charge in [-0.2, -0.15) is 0 Å². The van der Waals surface area contributed by atoms with Crippen LogP contribution in [0.25, 0.3) is 0 Å². The first-order chi connectivity index (χ1) is 12.5. The van der Waals surface area contributed by atoms with Gasteiger partial charge in [0.25, 0.3) is 5.91 Å². The Morgan fingerprint density at radius 3 is 2.46 bits per heavy atom. The summed E-state index contributed by atoms with van der Waals surface area (Å²) in [6, 6.07) is 8.60. The van der Waals surface area contributed by atoms with Crippen LogP contribution >= 0.6 is 23.2 Å². The number of carbonyl (C=O) groups excluding carboxylic acids is 2. The summed E-state index contributed by atoms with van der Waals surface area (Å²) in [6.45, 7) is 1.55. The second-order valence-electron chi connectivity index (χ2n) is 6.26. The quantitative estimate of drug-likeness (QED) is 0.866. The Hall–Kier alpha value is -2.11. The minimum Gasteiger partial charge on any atom is -0.352 e. The SMILES string of the molecule is O=C(NCc1ccncc1)C1CCN(C(=O)c2ccc(Cl)cc2Cl)CC1. The highest BCUT2D eigenvalue weighted by atomic mass is 35.5. The number of piperidine rings is 1. The van der Waals surface area contributed by atoms with Gasteiger partial charge >= 0.3 is 0 Å². The number of carbonyl (C=O) groups is 2. The second kappa shape index (κ2) is 8.52. The zero-order valence-electron chi connectivity index (χ0n) is 14.1. The lowest BCUT2D eigenvalue weighted by atomic mass is 9.95. The summed E-state index contributed by atoms with van der Waals surface area (Å²) in [4.78, 5) is 30.6. The molecule has 0 radical (unpaired) electrons. The van der Waals surface area contributed by atoms with Gasteiger partial charge in [0.15, 0.2) is 0 Å². The Bertz CT molecular complexity index is 791. The molecule has 2 heterocycles. The molecular formula is C19H19Cl2N3O2. The Morgan fingerprint density at radius 2 is 1.81 bits per heavy atom. The van der Waals surface area contributed by atoms with Crippen LogP contribution in [0, 0.1) is 5.92 Å². The van der Waals surface area contributed by atoms with Gasteiger partial charge in [0.1, 0.15) is 0 Å². The second-order valence-corrected chi connectivity index (χ2v) is 7.11. The maximum absolute atomic E-state index is 12.6. The van der Waals surface area contributed by atoms with E-state index < -0.39 is 0 Å². The summed E-state index contributed by atoms with van der Waals surface area (Å²) in [6.07, 6.45) is 4.68. The minimum atomic E-state index is -0.123. The van der Waals surface area contributed by atoms with E-state index in [1.807, 2.05) is 12.1 Å². The molecule has 1 aromatic carbocycles. The zero-order valence-corrected chi connectivity index (χ0v) is 15.6. The summed E-state index contributed by atoms with van der Waals surface area (Å²) in [5, 5.41) is 3.80. The standard InChI is InChI=1S/C19H19Cl2N3O2/c20-15-1-2-16(17(21)11-15)19(26)24-9-5-14(6-10-24)18(25)23-12-13-3-7-22-8-4-13/h1-4,7-8,11,14H,5-6,9-10,12H2,(H,23,25). The molecule has 2 amide bonds. The molecule has 0 aliphatic carbocycles. The van der Waals surface area contributed by atoms with Crippen LogP contribution in [-0.2, 0) is 11.3 Å². The van der Waals surface area contributed by atoms with E-state index in [0.29, 0.717) is 48.1 Å². The number of amides is 2. The first-order valence-corrected chi connectivity index (χ1v) is 9.21. The van der Waals surface area contributed by atoms with E-state index in [4.69, 9.17) is 23.2 Å². The van der Waals surface area contributed by atoms with E-state index in [-0.39, 0.29) is 17.7 Å². The summed E-state index contributed by atoms with van der Waals surface area (Å²) < 4.78 is 0. The number of likely N-dealkylation sites (tertiary alicyclic amines) is 1. The van der Waals surface area contributed by atoms with E-state index in [0.717, 1.165) is 5.56 Å². The third-order valence-electron chi connectivity index (χ3n) is 4.53. The molecule has 1 N–H and O–H groups in total. The van der Waals surface area contributed by atoms with E-state index in [9.17, 15) is 9.59 Å². The maximum Gasteiger partial charge on any atom is 0.255 e. The number of aromatic nitrogens is 1. The van der Waals surface area contributed by atoms with Gasteiger partial charge in [-0.3, -0.25) is 14.6 Å². The number of nitrogens with zero attached hydrogens (tertiary/aromatic N) is 2. The van der Waals surface area contributed by atoms with Crippen molar-refractivity contribution in [2.75, 3.05) is 13.1 Å². The molecule has 0 bridgehead atoms. The van der Waals surface area contributed by atoms with Crippen LogP contribution < -0.4 is 5.32 Å². The number of benzene rings is 1. The lowest BCUT2D eigenvalue weighted by Crippen LogP contribution is -2.43. The highest BCUT2D eigenvalue weighted by Crippen LogP contribution is 2.25. The molecule has 1 fully saturated rings. The van der Waals surface area contributed by atoms with Crippen molar-refractivity contribution in [1.82, 2.24) is 15.2 Å². The van der Waals surface area contributed by atoms with Crippen molar-refractivity contribution in [3.8, 4) is 0 Å². The van der Waals surface area contributed by atoms with Crippen molar-refractivity contribution >= 4 is 35.0 Å². The average Bonchev–Trinajstić information content (AvgIpc) is 2.66. The van der Waals surface area contributed by atoms with Gasteiger partial charge < -0.3 is 10.2 Å². The molecule has 1 aliphatic heterocycles. The molecular weight excluding hydrogens is 373 g/mol. The van der Waals surface area contributed by atoms with E-state index in [1.54, 1.807) is 35.5 Å². The van der Waals surface area contributed by atoms with Gasteiger partial charge in [0, 0.05) is 43.0 Å². The van der Waals surface area contributed by atoms with Crippen molar-refractivity contribution in [3.05, 3.63) is 63.9 Å². The predicted octanol–water partition coefficient (Wildman–Crippen LogP) is 3.56. The fraction of sp³-hybridized carbons (Fsp3) is 0.316. The summed E-state index contributed by atoms with van der Waals surface area (Å²) in [7, 11) is 0. The molecule has 7 heteroatoms. The van der Waals surface area contributed by atoms with E-state index in [1.165, 1.54) is 0 Å². The topological polar surface area (TPSA) is 62.3 Å². The van der Waals surface area contributed by atoms with Crippen molar-refractivity contribution in [3.63, 3.8) is 0 Å². The Labute approximate surface area is 162 Å². The average molecular weight is 392 g/mol. The van der Waals surface area contributed by atoms with Gasteiger partial charge in [-0.15, -0.1) is 0 Å². The molecule has 0 saturated carbocycles. The molecule has 1 saturated heterocycles. The van der Waals surface area contributed by atoms with Gasteiger partial charge in [0.2, 0.25) is 5.91 Å². The predicted molar refractivity (Wildman–Crippen MR) is 101 cm³/mol. The summed E-state index contributed by atoms with van der Waals surface area (Å²) in [5.41, 5.74) is 1.45. The highest BCUT2D eigenvalue weighted by Gasteiger charge is 2.28. The first kappa shape index (κ1) is 18.7. The molecule has 1 aromatic heterocycles. The lowest BCUT2D eigenvalue weighted by molar-refractivity contribution is -0.126. The monoisotopic (exact) mass is 391 g/mol. The van der Waals surface area contributed by atoms with Gasteiger partial charge in [-0.1, -0.05) is 23.2 Å². The van der Waals surface area contributed by atoms with Crippen molar-refractivity contribution in [2.45, 2.75) is 19.4 Å². The zero-order chi connectivity index (χ0) is 18.5. The molecule has 0 spiro atoms. The Morgan fingerprint density at radius 1 is 1.12 bits per heavy atom. The molecule has 1 aliphatic rings. The van der Waals surface area contributed by atoms with Gasteiger partial charge in [0.05, 0.1) is 10.6 Å². The number of pyridine rings is 1. The van der Waals surface area contributed by atoms with Crippen LogP contribution in [0.3, 0.4) is 0 Å². The van der Waals surface area contributed by atoms with Crippen LogP contribution in [0.15, 0.2) is 42.7 Å². The number of hydrogen-bond donors (Lipinski definition) is 1. The largest absolute Gasteiger partial charge is 0.352 e. The fourth-order valence-electron chi connectivity index (χ4n) is 3.01. The van der Waals surface area contributed by atoms with Crippen LogP contribution in [0.1, 0.15) is 28.8 Å². The third-order valence-corrected chi connectivity index (χ3v) is 5.08. The maximum atomic E-state index is 12.6. The molecule has 0 atom stereocenters. The molecule has 2 aromatic rings. The van der Waals surface area contributed by atoms with Crippen molar-refractivity contribution in [1.29, 1.82) is 0 Å². The van der Waals surface area contributed by atoms with E-state index in [2.05, 4.69) is 10.3 Å². The van der Waals surface area contributed by atoms with E-state index >= 15 is 0 Å². The number of rotatable bonds is 4. The summed E-state index contributed by atoms with van der Waals surface area (Å²) >= 11 is 12.0. The highest BCUT2D eigenvalue weighted by molar-refractivity contribution is 6.36. The first-order valence-electron chi connectivity index (χ1n) is 8.45. The van der Waals surface area contributed by atoms with Gasteiger partial charge in [-0.05, 0) is 48.7 Å². The van der Waals surface area contributed by atoms with Crippen molar-refractivity contribution in [2.24, 2.45) is 5.92 Å². The molecule has 3 rings (SSSR count).